The van der Waals surface area contributed by atoms with E-state index < -0.39 is 0 Å². The Hall–Kier alpha value is -3.18. The molecule has 0 saturated carbocycles. The van der Waals surface area contributed by atoms with Crippen LogP contribution in [0.1, 0.15) is 16.7 Å². The molecule has 0 unspecified atom stereocenters. The highest BCUT2D eigenvalue weighted by Gasteiger charge is 2.23. The maximum Gasteiger partial charge on any atom is 0.165 e. The number of benzene rings is 3. The van der Waals surface area contributed by atoms with Crippen molar-refractivity contribution in [2.24, 2.45) is 0 Å². The molecule has 0 N–H and O–H groups in total. The highest BCUT2D eigenvalue weighted by atomic mass is 16.5. The minimum Gasteiger partial charge on any atom is -0.496 e. The maximum atomic E-state index is 6.13. The van der Waals surface area contributed by atoms with Crippen molar-refractivity contribution in [2.45, 2.75) is 20.0 Å². The Morgan fingerprint density at radius 3 is 2.19 bits per heavy atom. The third kappa shape index (κ3) is 4.47. The molecule has 162 valence electrons. The average Bonchev–Trinajstić information content (AvgIpc) is 3.00. The van der Waals surface area contributed by atoms with Crippen molar-refractivity contribution in [3.05, 3.63) is 71.3 Å². The number of hydrogen-bond donors (Lipinski definition) is 0. The molecule has 0 spiro atoms. The summed E-state index contributed by atoms with van der Waals surface area (Å²) in [6.45, 7) is 5.21. The fraction of sp³-hybridized carbons (Fsp3) is 0.308. The molecule has 0 atom stereocenters. The van der Waals surface area contributed by atoms with Gasteiger partial charge in [0.05, 0.1) is 26.9 Å². The summed E-state index contributed by atoms with van der Waals surface area (Å²) in [4.78, 5) is 2.40. The summed E-state index contributed by atoms with van der Waals surface area (Å²) in [5.41, 5.74) is 5.54. The lowest BCUT2D eigenvalue weighted by Crippen LogP contribution is -2.25. The van der Waals surface area contributed by atoms with Gasteiger partial charge in [-0.2, -0.15) is 0 Å². The van der Waals surface area contributed by atoms with Gasteiger partial charge in [-0.1, -0.05) is 35.9 Å². The highest BCUT2D eigenvalue weighted by molar-refractivity contribution is 5.79. The first-order valence-electron chi connectivity index (χ1n) is 10.5. The molecular weight excluding hydrogens is 390 g/mol. The number of methoxy groups -OCH3 is 3. The smallest absolute Gasteiger partial charge is 0.165 e. The van der Waals surface area contributed by atoms with Gasteiger partial charge in [-0.05, 0) is 42.3 Å². The van der Waals surface area contributed by atoms with Crippen molar-refractivity contribution in [3.8, 4) is 34.1 Å². The number of hydrogen-bond acceptors (Lipinski definition) is 5. The summed E-state index contributed by atoms with van der Waals surface area (Å²) in [6.07, 6.45) is 0. The molecule has 0 bridgehead atoms. The predicted octanol–water partition coefficient (Wildman–Crippen LogP) is 5.08. The zero-order chi connectivity index (χ0) is 21.8. The number of ether oxygens (including phenoxy) is 4. The van der Waals surface area contributed by atoms with E-state index in [2.05, 4.69) is 42.2 Å². The van der Waals surface area contributed by atoms with Crippen LogP contribution < -0.4 is 18.9 Å². The van der Waals surface area contributed by atoms with Gasteiger partial charge in [0.1, 0.15) is 18.1 Å². The van der Waals surface area contributed by atoms with Crippen LogP contribution in [0.5, 0.6) is 23.0 Å². The summed E-state index contributed by atoms with van der Waals surface area (Å²) < 4.78 is 23.1. The zero-order valence-electron chi connectivity index (χ0n) is 18.6. The highest BCUT2D eigenvalue weighted by Crippen LogP contribution is 2.44. The molecular formula is C26H29NO4. The fourth-order valence-electron chi connectivity index (χ4n) is 4.06. The third-order valence-electron chi connectivity index (χ3n) is 5.64. The van der Waals surface area contributed by atoms with Gasteiger partial charge in [-0.3, -0.25) is 4.90 Å². The van der Waals surface area contributed by atoms with Gasteiger partial charge in [-0.15, -0.1) is 0 Å². The Bertz CT molecular complexity index is 1020. The van der Waals surface area contributed by atoms with E-state index >= 15 is 0 Å². The van der Waals surface area contributed by atoms with Crippen LogP contribution in [0.25, 0.3) is 11.1 Å². The van der Waals surface area contributed by atoms with Crippen LogP contribution in [-0.2, 0) is 13.1 Å². The minimum absolute atomic E-state index is 0.618. The van der Waals surface area contributed by atoms with E-state index in [9.17, 15) is 0 Å². The van der Waals surface area contributed by atoms with Crippen LogP contribution in [0.15, 0.2) is 54.6 Å². The lowest BCUT2D eigenvalue weighted by atomic mass is 9.99. The second kappa shape index (κ2) is 9.31. The van der Waals surface area contributed by atoms with E-state index in [4.69, 9.17) is 18.9 Å². The van der Waals surface area contributed by atoms with E-state index in [1.165, 1.54) is 11.1 Å². The molecule has 3 aromatic rings. The van der Waals surface area contributed by atoms with Gasteiger partial charge in [0.25, 0.3) is 0 Å². The molecule has 5 nitrogen and oxygen atoms in total. The van der Waals surface area contributed by atoms with Gasteiger partial charge >= 0.3 is 0 Å². The summed E-state index contributed by atoms with van der Waals surface area (Å²) >= 11 is 0. The van der Waals surface area contributed by atoms with Crippen LogP contribution in [0.3, 0.4) is 0 Å². The second-order valence-corrected chi connectivity index (χ2v) is 7.75. The van der Waals surface area contributed by atoms with E-state index in [0.717, 1.165) is 59.3 Å². The molecule has 0 fully saturated rings. The van der Waals surface area contributed by atoms with Crippen LogP contribution in [0.4, 0.5) is 0 Å². The molecule has 0 aliphatic carbocycles. The lowest BCUT2D eigenvalue weighted by Gasteiger charge is -2.20. The van der Waals surface area contributed by atoms with Crippen LogP contribution in [0, 0.1) is 6.92 Å². The first kappa shape index (κ1) is 21.1. The van der Waals surface area contributed by atoms with E-state index in [0.29, 0.717) is 6.61 Å². The number of rotatable bonds is 6. The summed E-state index contributed by atoms with van der Waals surface area (Å²) in [5, 5.41) is 0. The Labute approximate surface area is 184 Å². The predicted molar refractivity (Wildman–Crippen MR) is 122 cm³/mol. The van der Waals surface area contributed by atoms with Gasteiger partial charge in [0.15, 0.2) is 11.5 Å². The van der Waals surface area contributed by atoms with Gasteiger partial charge in [0.2, 0.25) is 0 Å². The zero-order valence-corrected chi connectivity index (χ0v) is 18.6. The van der Waals surface area contributed by atoms with Crippen molar-refractivity contribution in [2.75, 3.05) is 34.5 Å². The second-order valence-electron chi connectivity index (χ2n) is 7.75. The van der Waals surface area contributed by atoms with Crippen LogP contribution in [-0.4, -0.2) is 39.4 Å². The summed E-state index contributed by atoms with van der Waals surface area (Å²) in [5.74, 6) is 3.05. The quantitative estimate of drug-likeness (QED) is 0.557. The molecule has 1 aliphatic rings. The molecule has 0 saturated heterocycles. The van der Waals surface area contributed by atoms with Gasteiger partial charge < -0.3 is 18.9 Å². The van der Waals surface area contributed by atoms with Crippen molar-refractivity contribution >= 4 is 0 Å². The SMILES string of the molecule is COc1cc(-c2c(OC)cccc2OC)cc2c1OCCN(Cc1ccc(C)cc1)C2. The van der Waals surface area contributed by atoms with Crippen molar-refractivity contribution in [1.82, 2.24) is 4.90 Å². The van der Waals surface area contributed by atoms with Crippen LogP contribution in [0.2, 0.25) is 0 Å². The van der Waals surface area contributed by atoms with E-state index in [-0.39, 0.29) is 0 Å². The topological polar surface area (TPSA) is 40.2 Å². The monoisotopic (exact) mass is 419 g/mol. The molecule has 0 aromatic heterocycles. The number of fused-ring (bicyclic) bond motifs is 1. The van der Waals surface area contributed by atoms with Crippen molar-refractivity contribution in [3.63, 3.8) is 0 Å². The molecule has 4 rings (SSSR count). The first-order chi connectivity index (χ1) is 15.1. The average molecular weight is 420 g/mol. The molecule has 3 aromatic carbocycles. The standard InChI is InChI=1S/C26H29NO4/c1-18-8-10-19(11-9-18)16-27-12-13-31-26-21(17-27)14-20(15-24(26)30-4)25-22(28-2)6-5-7-23(25)29-3/h5-11,14-15H,12-13,16-17H2,1-4H3. The van der Waals surface area contributed by atoms with Crippen LogP contribution >= 0.6 is 0 Å². The van der Waals surface area contributed by atoms with Gasteiger partial charge in [-0.25, -0.2) is 0 Å². The van der Waals surface area contributed by atoms with Crippen molar-refractivity contribution in [1.29, 1.82) is 0 Å². The minimum atomic E-state index is 0.618. The summed E-state index contributed by atoms with van der Waals surface area (Å²) in [6, 6.07) is 18.7. The molecule has 1 aliphatic heterocycles. The maximum absolute atomic E-state index is 6.13. The third-order valence-corrected chi connectivity index (χ3v) is 5.64. The Morgan fingerprint density at radius 1 is 0.871 bits per heavy atom. The Balaban J connectivity index is 1.73. The molecule has 1 heterocycles. The Morgan fingerprint density at radius 2 is 1.55 bits per heavy atom. The summed E-state index contributed by atoms with van der Waals surface area (Å²) in [7, 11) is 5.02. The largest absolute Gasteiger partial charge is 0.496 e. The number of nitrogens with zero attached hydrogens (tertiary/aromatic N) is 1. The first-order valence-corrected chi connectivity index (χ1v) is 10.5. The van der Waals surface area contributed by atoms with Gasteiger partial charge in [0, 0.05) is 25.2 Å². The van der Waals surface area contributed by atoms with Crippen molar-refractivity contribution < 1.29 is 18.9 Å². The Kier molecular flexibility index (Phi) is 6.33. The molecule has 0 radical (unpaired) electrons. The molecule has 0 amide bonds. The lowest BCUT2D eigenvalue weighted by molar-refractivity contribution is 0.217. The molecule has 5 heteroatoms. The van der Waals surface area contributed by atoms with E-state index in [1.54, 1.807) is 21.3 Å². The number of aryl methyl sites for hydroxylation is 1. The van der Waals surface area contributed by atoms with E-state index in [1.807, 2.05) is 24.3 Å². The fourth-order valence-corrected chi connectivity index (χ4v) is 4.06. The normalized spacial score (nSPS) is 13.7. The molecule has 31 heavy (non-hydrogen) atoms.